The molecule has 2 aromatic carbocycles. The molecule has 0 bridgehead atoms. The Hall–Kier alpha value is -2.00. The Balaban J connectivity index is 1.92. The van der Waals surface area contributed by atoms with Crippen LogP contribution in [-0.2, 0) is 0 Å². The normalized spacial score (nSPS) is 21.2. The number of hydrogen-bond acceptors (Lipinski definition) is 3. The van der Waals surface area contributed by atoms with E-state index in [2.05, 4.69) is 47.8 Å². The highest BCUT2D eigenvalue weighted by molar-refractivity contribution is 5.45. The number of methoxy groups -OCH3 is 2. The number of nitrogens with one attached hydrogen (secondary N) is 1. The molecule has 1 aliphatic rings. The third kappa shape index (κ3) is 2.74. The van der Waals surface area contributed by atoms with Crippen molar-refractivity contribution < 1.29 is 9.47 Å². The molecule has 2 unspecified atom stereocenters. The van der Waals surface area contributed by atoms with Crippen molar-refractivity contribution in [3.8, 4) is 11.5 Å². The van der Waals surface area contributed by atoms with Gasteiger partial charge in [-0.25, -0.2) is 0 Å². The van der Waals surface area contributed by atoms with Crippen molar-refractivity contribution in [2.24, 2.45) is 0 Å². The molecule has 2 atom stereocenters. The first-order chi connectivity index (χ1) is 10.3. The second-order valence-corrected chi connectivity index (χ2v) is 5.35. The lowest BCUT2D eigenvalue weighted by atomic mass is 9.88. The molecule has 0 radical (unpaired) electrons. The molecule has 1 fully saturated rings. The number of rotatable bonds is 4. The molecule has 0 aromatic heterocycles. The summed E-state index contributed by atoms with van der Waals surface area (Å²) in [6.45, 7) is 1.04. The first-order valence-electron chi connectivity index (χ1n) is 7.33. The van der Waals surface area contributed by atoms with Gasteiger partial charge in [0, 0.05) is 12.0 Å². The molecule has 0 saturated carbocycles. The van der Waals surface area contributed by atoms with Gasteiger partial charge < -0.3 is 14.8 Å². The number of hydrogen-bond donors (Lipinski definition) is 1. The predicted molar refractivity (Wildman–Crippen MR) is 84.1 cm³/mol. The predicted octanol–water partition coefficient (Wildman–Crippen LogP) is 3.52. The highest BCUT2D eigenvalue weighted by atomic mass is 16.5. The van der Waals surface area contributed by atoms with Gasteiger partial charge in [0.2, 0.25) is 0 Å². The minimum absolute atomic E-state index is 0.326. The van der Waals surface area contributed by atoms with Crippen LogP contribution in [0.2, 0.25) is 0 Å². The van der Waals surface area contributed by atoms with Crippen LogP contribution in [0.5, 0.6) is 11.5 Å². The molecular formula is C18H21NO2. The maximum Gasteiger partial charge on any atom is 0.161 e. The molecule has 1 saturated heterocycles. The smallest absolute Gasteiger partial charge is 0.161 e. The van der Waals surface area contributed by atoms with Gasteiger partial charge in [-0.2, -0.15) is 0 Å². The SMILES string of the molecule is COc1ccc(C2NCCC2c2ccccc2)cc1OC. The van der Waals surface area contributed by atoms with Crippen molar-refractivity contribution in [1.82, 2.24) is 5.32 Å². The van der Waals surface area contributed by atoms with E-state index in [4.69, 9.17) is 9.47 Å². The topological polar surface area (TPSA) is 30.5 Å². The third-order valence-electron chi connectivity index (χ3n) is 4.22. The molecule has 3 nitrogen and oxygen atoms in total. The van der Waals surface area contributed by atoms with Crippen molar-refractivity contribution in [3.05, 3.63) is 59.7 Å². The van der Waals surface area contributed by atoms with E-state index in [1.165, 1.54) is 11.1 Å². The van der Waals surface area contributed by atoms with Crippen LogP contribution in [-0.4, -0.2) is 20.8 Å². The van der Waals surface area contributed by atoms with Gasteiger partial charge in [0.25, 0.3) is 0 Å². The van der Waals surface area contributed by atoms with Crippen molar-refractivity contribution in [2.45, 2.75) is 18.4 Å². The number of ether oxygens (including phenoxy) is 2. The third-order valence-corrected chi connectivity index (χ3v) is 4.22. The van der Waals surface area contributed by atoms with Gasteiger partial charge in [-0.15, -0.1) is 0 Å². The zero-order valence-corrected chi connectivity index (χ0v) is 12.5. The van der Waals surface area contributed by atoms with Crippen molar-refractivity contribution in [3.63, 3.8) is 0 Å². The van der Waals surface area contributed by atoms with Crippen molar-refractivity contribution in [1.29, 1.82) is 0 Å². The van der Waals surface area contributed by atoms with E-state index in [1.807, 2.05) is 6.07 Å². The van der Waals surface area contributed by atoms with Gasteiger partial charge in [-0.3, -0.25) is 0 Å². The Kier molecular flexibility index (Phi) is 4.11. The van der Waals surface area contributed by atoms with Crippen LogP contribution in [0.3, 0.4) is 0 Å². The molecule has 1 heterocycles. The monoisotopic (exact) mass is 283 g/mol. The minimum atomic E-state index is 0.326. The molecular weight excluding hydrogens is 262 g/mol. The van der Waals surface area contributed by atoms with Gasteiger partial charge in [-0.1, -0.05) is 36.4 Å². The fourth-order valence-corrected chi connectivity index (χ4v) is 3.16. The van der Waals surface area contributed by atoms with Crippen molar-refractivity contribution >= 4 is 0 Å². The van der Waals surface area contributed by atoms with Crippen LogP contribution in [0.25, 0.3) is 0 Å². The molecule has 0 amide bonds. The summed E-state index contributed by atoms with van der Waals surface area (Å²) in [5.41, 5.74) is 2.64. The Morgan fingerprint density at radius 2 is 1.67 bits per heavy atom. The maximum atomic E-state index is 5.42. The average molecular weight is 283 g/mol. The summed E-state index contributed by atoms with van der Waals surface area (Å²) < 4.78 is 10.7. The highest BCUT2D eigenvalue weighted by Crippen LogP contribution is 2.40. The lowest BCUT2D eigenvalue weighted by Gasteiger charge is -2.21. The molecule has 0 aliphatic carbocycles. The van der Waals surface area contributed by atoms with E-state index in [0.29, 0.717) is 12.0 Å². The van der Waals surface area contributed by atoms with Gasteiger partial charge in [-0.05, 0) is 36.2 Å². The standard InChI is InChI=1S/C18H21NO2/c1-20-16-9-8-14(12-17(16)21-2)18-15(10-11-19-18)13-6-4-3-5-7-13/h3-9,12,15,18-19H,10-11H2,1-2H3. The first kappa shape index (κ1) is 14.0. The summed E-state index contributed by atoms with van der Waals surface area (Å²) >= 11 is 0. The van der Waals surface area contributed by atoms with E-state index < -0.39 is 0 Å². The second kappa shape index (κ2) is 6.19. The summed E-state index contributed by atoms with van der Waals surface area (Å²) in [6.07, 6.45) is 1.16. The fourth-order valence-electron chi connectivity index (χ4n) is 3.16. The molecule has 1 aliphatic heterocycles. The Labute approximate surface area is 125 Å². The molecule has 2 aromatic rings. The van der Waals surface area contributed by atoms with Crippen LogP contribution in [0, 0.1) is 0 Å². The van der Waals surface area contributed by atoms with E-state index in [9.17, 15) is 0 Å². The van der Waals surface area contributed by atoms with E-state index in [0.717, 1.165) is 24.5 Å². The number of benzene rings is 2. The van der Waals surface area contributed by atoms with Crippen LogP contribution in [0.1, 0.15) is 29.5 Å². The molecule has 110 valence electrons. The quantitative estimate of drug-likeness (QED) is 0.931. The average Bonchev–Trinajstić information content (AvgIpc) is 3.04. The zero-order valence-electron chi connectivity index (χ0n) is 12.5. The second-order valence-electron chi connectivity index (χ2n) is 5.35. The summed E-state index contributed by atoms with van der Waals surface area (Å²) in [7, 11) is 3.34. The van der Waals surface area contributed by atoms with E-state index in [1.54, 1.807) is 14.2 Å². The lowest BCUT2D eigenvalue weighted by molar-refractivity contribution is 0.354. The summed E-state index contributed by atoms with van der Waals surface area (Å²) in [5, 5.41) is 3.61. The Morgan fingerprint density at radius 3 is 2.38 bits per heavy atom. The summed E-state index contributed by atoms with van der Waals surface area (Å²) in [5.74, 6) is 2.07. The minimum Gasteiger partial charge on any atom is -0.493 e. The highest BCUT2D eigenvalue weighted by Gasteiger charge is 2.29. The largest absolute Gasteiger partial charge is 0.493 e. The molecule has 3 rings (SSSR count). The molecule has 3 heteroatoms. The molecule has 0 spiro atoms. The van der Waals surface area contributed by atoms with Crippen LogP contribution >= 0.6 is 0 Å². The van der Waals surface area contributed by atoms with Crippen LogP contribution in [0.4, 0.5) is 0 Å². The zero-order chi connectivity index (χ0) is 14.7. The van der Waals surface area contributed by atoms with Gasteiger partial charge in [0.1, 0.15) is 0 Å². The van der Waals surface area contributed by atoms with Gasteiger partial charge in [0.05, 0.1) is 14.2 Å². The Bertz CT molecular complexity index is 597. The van der Waals surface area contributed by atoms with E-state index in [-0.39, 0.29) is 0 Å². The van der Waals surface area contributed by atoms with E-state index >= 15 is 0 Å². The van der Waals surface area contributed by atoms with Gasteiger partial charge >= 0.3 is 0 Å². The van der Waals surface area contributed by atoms with Crippen LogP contribution < -0.4 is 14.8 Å². The lowest BCUT2D eigenvalue weighted by Crippen LogP contribution is -2.17. The first-order valence-corrected chi connectivity index (χ1v) is 7.33. The van der Waals surface area contributed by atoms with Gasteiger partial charge in [0.15, 0.2) is 11.5 Å². The maximum absolute atomic E-state index is 5.42. The van der Waals surface area contributed by atoms with Crippen molar-refractivity contribution in [2.75, 3.05) is 20.8 Å². The summed E-state index contributed by atoms with van der Waals surface area (Å²) in [6, 6.07) is 17.2. The molecule has 1 N–H and O–H groups in total. The Morgan fingerprint density at radius 1 is 0.905 bits per heavy atom. The summed E-state index contributed by atoms with van der Waals surface area (Å²) in [4.78, 5) is 0. The fraction of sp³-hybridized carbons (Fsp3) is 0.333. The van der Waals surface area contributed by atoms with Crippen LogP contribution in [0.15, 0.2) is 48.5 Å². The molecule has 21 heavy (non-hydrogen) atoms.